The molecule has 1 N–H and O–H groups in total. The molecule has 106 valence electrons. The third-order valence-corrected chi connectivity index (χ3v) is 4.07. The molecule has 0 aliphatic heterocycles. The van der Waals surface area contributed by atoms with E-state index in [4.69, 9.17) is 0 Å². The maximum absolute atomic E-state index is 3.67. The molecule has 0 saturated heterocycles. The Morgan fingerprint density at radius 2 is 1.90 bits per heavy atom. The van der Waals surface area contributed by atoms with Crippen molar-refractivity contribution in [3.05, 3.63) is 69.7 Å². The highest BCUT2D eigenvalue weighted by molar-refractivity contribution is 9.10. The zero-order chi connectivity index (χ0) is 14.4. The summed E-state index contributed by atoms with van der Waals surface area (Å²) < 4.78 is 1.14. The second kappa shape index (κ2) is 7.61. The van der Waals surface area contributed by atoms with Gasteiger partial charge in [-0.15, -0.1) is 0 Å². The fourth-order valence-electron chi connectivity index (χ4n) is 2.41. The molecule has 0 spiro atoms. The minimum atomic E-state index is 0.369. The minimum Gasteiger partial charge on any atom is -0.310 e. The van der Waals surface area contributed by atoms with Crippen LogP contribution >= 0.6 is 15.9 Å². The molecule has 2 heteroatoms. The lowest BCUT2D eigenvalue weighted by Crippen LogP contribution is -2.24. The molecule has 2 rings (SSSR count). The molecular formula is C18H22BrN. The van der Waals surface area contributed by atoms with Gasteiger partial charge < -0.3 is 5.32 Å². The van der Waals surface area contributed by atoms with E-state index in [1.807, 2.05) is 0 Å². The highest BCUT2D eigenvalue weighted by atomic mass is 79.9. The fourth-order valence-corrected chi connectivity index (χ4v) is 2.83. The molecule has 1 nitrogen and oxygen atoms in total. The summed E-state index contributed by atoms with van der Waals surface area (Å²) >= 11 is 3.57. The van der Waals surface area contributed by atoms with Crippen LogP contribution in [0.1, 0.15) is 36.1 Å². The molecule has 0 heterocycles. The van der Waals surface area contributed by atoms with Gasteiger partial charge in [-0.05, 0) is 55.1 Å². The van der Waals surface area contributed by atoms with Crippen LogP contribution in [0.5, 0.6) is 0 Å². The summed E-state index contributed by atoms with van der Waals surface area (Å²) in [6.45, 7) is 5.44. The number of benzene rings is 2. The average molecular weight is 332 g/mol. The smallest absolute Gasteiger partial charge is 0.0361 e. The van der Waals surface area contributed by atoms with Gasteiger partial charge in [-0.2, -0.15) is 0 Å². The van der Waals surface area contributed by atoms with Gasteiger partial charge in [0.25, 0.3) is 0 Å². The van der Waals surface area contributed by atoms with E-state index in [9.17, 15) is 0 Å². The Morgan fingerprint density at radius 3 is 2.60 bits per heavy atom. The van der Waals surface area contributed by atoms with E-state index < -0.39 is 0 Å². The monoisotopic (exact) mass is 331 g/mol. The van der Waals surface area contributed by atoms with Crippen LogP contribution in [0, 0.1) is 6.92 Å². The highest BCUT2D eigenvalue weighted by Crippen LogP contribution is 2.23. The summed E-state index contributed by atoms with van der Waals surface area (Å²) in [7, 11) is 0. The molecule has 0 aliphatic rings. The summed E-state index contributed by atoms with van der Waals surface area (Å²) in [4.78, 5) is 0. The second-order valence-electron chi connectivity index (χ2n) is 5.19. The summed E-state index contributed by atoms with van der Waals surface area (Å²) in [5.41, 5.74) is 4.13. The van der Waals surface area contributed by atoms with Gasteiger partial charge in [0.15, 0.2) is 0 Å². The SMILES string of the molecule is CCCNC(Cc1ccccc1C)c1cccc(Br)c1. The second-order valence-corrected chi connectivity index (χ2v) is 6.11. The first kappa shape index (κ1) is 15.3. The van der Waals surface area contributed by atoms with Crippen molar-refractivity contribution in [1.82, 2.24) is 5.32 Å². The standard InChI is InChI=1S/C18H22BrN/c1-3-11-20-18(16-9-6-10-17(19)12-16)13-15-8-5-4-7-14(15)2/h4-10,12,18,20H,3,11,13H2,1-2H3. The number of nitrogens with one attached hydrogen (secondary N) is 1. The Labute approximate surface area is 130 Å². The molecule has 0 fully saturated rings. The van der Waals surface area contributed by atoms with Gasteiger partial charge in [0, 0.05) is 10.5 Å². The largest absolute Gasteiger partial charge is 0.310 e. The summed E-state index contributed by atoms with van der Waals surface area (Å²) in [6.07, 6.45) is 2.18. The van der Waals surface area contributed by atoms with Crippen molar-refractivity contribution in [3.63, 3.8) is 0 Å². The molecule has 20 heavy (non-hydrogen) atoms. The number of aryl methyl sites for hydroxylation is 1. The Kier molecular flexibility index (Phi) is 5.81. The molecule has 0 aliphatic carbocycles. The molecule has 0 bridgehead atoms. The van der Waals surface area contributed by atoms with Crippen molar-refractivity contribution in [1.29, 1.82) is 0 Å². The molecule has 2 aromatic carbocycles. The van der Waals surface area contributed by atoms with Crippen LogP contribution in [0.3, 0.4) is 0 Å². The maximum Gasteiger partial charge on any atom is 0.0361 e. The highest BCUT2D eigenvalue weighted by Gasteiger charge is 2.12. The van der Waals surface area contributed by atoms with Crippen LogP contribution in [-0.2, 0) is 6.42 Å². The maximum atomic E-state index is 3.67. The summed E-state index contributed by atoms with van der Waals surface area (Å²) in [5.74, 6) is 0. The molecule has 1 unspecified atom stereocenters. The Balaban J connectivity index is 2.21. The van der Waals surface area contributed by atoms with Crippen LogP contribution in [0.25, 0.3) is 0 Å². The van der Waals surface area contributed by atoms with Crippen LogP contribution < -0.4 is 5.32 Å². The summed E-state index contributed by atoms with van der Waals surface area (Å²) in [5, 5.41) is 3.67. The Hall–Kier alpha value is -1.12. The fraction of sp³-hybridized carbons (Fsp3) is 0.333. The van der Waals surface area contributed by atoms with Gasteiger partial charge >= 0.3 is 0 Å². The van der Waals surface area contributed by atoms with Crippen molar-refractivity contribution in [3.8, 4) is 0 Å². The number of halogens is 1. The topological polar surface area (TPSA) is 12.0 Å². The number of hydrogen-bond donors (Lipinski definition) is 1. The molecule has 2 aromatic rings. The van der Waals surface area contributed by atoms with Gasteiger partial charge in [-0.1, -0.05) is 59.3 Å². The molecule has 0 radical (unpaired) electrons. The van der Waals surface area contributed by atoms with E-state index in [0.717, 1.165) is 23.9 Å². The average Bonchev–Trinajstić information content (AvgIpc) is 2.45. The quantitative estimate of drug-likeness (QED) is 0.781. The molecular weight excluding hydrogens is 310 g/mol. The lowest BCUT2D eigenvalue weighted by molar-refractivity contribution is 0.528. The van der Waals surface area contributed by atoms with E-state index >= 15 is 0 Å². The first-order valence-corrected chi connectivity index (χ1v) is 8.03. The van der Waals surface area contributed by atoms with Crippen molar-refractivity contribution >= 4 is 15.9 Å². The zero-order valence-corrected chi connectivity index (χ0v) is 13.8. The number of rotatable bonds is 6. The predicted octanol–water partition coefficient (Wildman–Crippen LogP) is 5.04. The van der Waals surface area contributed by atoms with E-state index in [1.165, 1.54) is 16.7 Å². The van der Waals surface area contributed by atoms with Gasteiger partial charge in [0.1, 0.15) is 0 Å². The van der Waals surface area contributed by atoms with Crippen LogP contribution in [0.4, 0.5) is 0 Å². The van der Waals surface area contributed by atoms with Crippen molar-refractivity contribution < 1.29 is 0 Å². The molecule has 0 aromatic heterocycles. The van der Waals surface area contributed by atoms with E-state index in [2.05, 4.69) is 83.6 Å². The van der Waals surface area contributed by atoms with Crippen LogP contribution in [-0.4, -0.2) is 6.54 Å². The lowest BCUT2D eigenvalue weighted by Gasteiger charge is -2.20. The van der Waals surface area contributed by atoms with Gasteiger partial charge in [0.05, 0.1) is 0 Å². The minimum absolute atomic E-state index is 0.369. The van der Waals surface area contributed by atoms with Crippen LogP contribution in [0.2, 0.25) is 0 Å². The zero-order valence-electron chi connectivity index (χ0n) is 12.2. The predicted molar refractivity (Wildman–Crippen MR) is 90.1 cm³/mol. The number of hydrogen-bond acceptors (Lipinski definition) is 1. The van der Waals surface area contributed by atoms with Crippen molar-refractivity contribution in [2.24, 2.45) is 0 Å². The normalized spacial score (nSPS) is 12.3. The Bertz CT molecular complexity index is 551. The van der Waals surface area contributed by atoms with Crippen LogP contribution in [0.15, 0.2) is 53.0 Å². The first-order valence-electron chi connectivity index (χ1n) is 7.24. The van der Waals surface area contributed by atoms with Crippen molar-refractivity contribution in [2.75, 3.05) is 6.54 Å². The van der Waals surface area contributed by atoms with E-state index in [-0.39, 0.29) is 0 Å². The Morgan fingerprint density at radius 1 is 1.10 bits per heavy atom. The van der Waals surface area contributed by atoms with Crippen molar-refractivity contribution in [2.45, 2.75) is 32.7 Å². The van der Waals surface area contributed by atoms with E-state index in [1.54, 1.807) is 0 Å². The molecule has 1 atom stereocenters. The van der Waals surface area contributed by atoms with Gasteiger partial charge in [0.2, 0.25) is 0 Å². The lowest BCUT2D eigenvalue weighted by atomic mass is 9.96. The molecule has 0 amide bonds. The summed E-state index contributed by atoms with van der Waals surface area (Å²) in [6, 6.07) is 17.6. The molecule has 0 saturated carbocycles. The first-order chi connectivity index (χ1) is 9.70. The van der Waals surface area contributed by atoms with Gasteiger partial charge in [-0.25, -0.2) is 0 Å². The van der Waals surface area contributed by atoms with Gasteiger partial charge in [-0.3, -0.25) is 0 Å². The third-order valence-electron chi connectivity index (χ3n) is 3.58. The van der Waals surface area contributed by atoms with E-state index in [0.29, 0.717) is 6.04 Å². The third kappa shape index (κ3) is 4.19.